The molecule has 4 aromatic heterocycles. The maximum atomic E-state index is 12.7. The summed E-state index contributed by atoms with van der Waals surface area (Å²) in [5.74, 6) is 1.07. The van der Waals surface area contributed by atoms with Gasteiger partial charge in [0.1, 0.15) is 0 Å². The SMILES string of the molecule is CC(C)c1cccc(C(C)C)c1-n1c(-c2[c-]ccc3c2oc2nc(-c4ccc(-c5ccc(C#N)cc5)cc4)ccc23)nc2ccccc21.[2H]C([2H])([2H])c1ccc(-c2[c-]cc(F)cc2)nc1.[Ir]. The molecule has 0 saturated carbocycles. The molecule has 0 bridgehead atoms. The summed E-state index contributed by atoms with van der Waals surface area (Å²) < 4.78 is 43.3. The van der Waals surface area contributed by atoms with Crippen LogP contribution in [-0.2, 0) is 20.1 Å². The molecular formula is C55H42FIrN5O-2. The van der Waals surface area contributed by atoms with Gasteiger partial charge in [-0.05, 0) is 88.6 Å². The average Bonchev–Trinajstić information content (AvgIpc) is 3.90. The number of aryl methyl sites for hydroxylation is 1. The van der Waals surface area contributed by atoms with Crippen molar-refractivity contribution in [2.45, 2.75) is 46.4 Å². The van der Waals surface area contributed by atoms with E-state index in [1.807, 2.05) is 48.5 Å². The maximum absolute atomic E-state index is 12.7. The maximum Gasteiger partial charge on any atom is 0.216 e. The molecule has 0 spiro atoms. The Balaban J connectivity index is 0.000000278. The number of hydrogen-bond acceptors (Lipinski definition) is 5. The van der Waals surface area contributed by atoms with E-state index in [4.69, 9.17) is 23.8 Å². The van der Waals surface area contributed by atoms with Crippen molar-refractivity contribution in [2.24, 2.45) is 0 Å². The van der Waals surface area contributed by atoms with E-state index in [2.05, 4.69) is 122 Å². The van der Waals surface area contributed by atoms with Gasteiger partial charge < -0.3 is 14.0 Å². The van der Waals surface area contributed by atoms with Gasteiger partial charge in [-0.3, -0.25) is 9.37 Å². The molecule has 4 heterocycles. The van der Waals surface area contributed by atoms with Crippen molar-refractivity contribution in [1.82, 2.24) is 19.5 Å². The number of imidazole rings is 1. The zero-order valence-electron chi connectivity index (χ0n) is 37.9. The Kier molecular flexibility index (Phi) is 11.2. The first-order valence-corrected chi connectivity index (χ1v) is 20.5. The number of benzene rings is 6. The molecule has 63 heavy (non-hydrogen) atoms. The standard InChI is InChI=1S/C43H33N4O.C12H9FN.Ir/c1-26(2)32-9-7-10-33(27(3)4)40(32)47-39-14-6-5-13-38(39)45-42(47)36-12-8-11-34-35-23-24-37(46-43(35)48-41(34)36)31-21-19-30(20-22-31)29-17-15-28(25-44)16-18-29;1-9-2-7-12(14-8-9)10-3-5-11(13)6-4-10;/h5-11,13-24,26-27H,1-4H3;2-3,5-8H,1H3;/q2*-1;/i;1D3;. The molecule has 0 aliphatic heterocycles. The van der Waals surface area contributed by atoms with Gasteiger partial charge in [0.15, 0.2) is 0 Å². The van der Waals surface area contributed by atoms with Gasteiger partial charge in [-0.2, -0.15) is 5.26 Å². The largest absolute Gasteiger partial charge is 0.486 e. The normalized spacial score (nSPS) is 12.1. The van der Waals surface area contributed by atoms with Crippen LogP contribution in [0.4, 0.5) is 4.39 Å². The molecule has 0 atom stereocenters. The van der Waals surface area contributed by atoms with Gasteiger partial charge in [-0.25, -0.2) is 4.98 Å². The summed E-state index contributed by atoms with van der Waals surface area (Å²) >= 11 is 0. The Bertz CT molecular complexity index is 3350. The van der Waals surface area contributed by atoms with E-state index in [0.29, 0.717) is 34.4 Å². The predicted octanol–water partition coefficient (Wildman–Crippen LogP) is 14.2. The number of halogens is 1. The topological polar surface area (TPSA) is 80.5 Å². The molecule has 0 aliphatic rings. The van der Waals surface area contributed by atoms with Crippen molar-refractivity contribution >= 4 is 33.1 Å². The number of hydrogen-bond donors (Lipinski definition) is 0. The fourth-order valence-corrected chi connectivity index (χ4v) is 7.83. The van der Waals surface area contributed by atoms with E-state index in [-0.39, 0.29) is 31.5 Å². The van der Waals surface area contributed by atoms with Crippen molar-refractivity contribution in [3.8, 4) is 56.8 Å². The summed E-state index contributed by atoms with van der Waals surface area (Å²) in [5.41, 5.74) is 13.8. The van der Waals surface area contributed by atoms with Crippen LogP contribution in [0.1, 0.15) is 65.9 Å². The smallest absolute Gasteiger partial charge is 0.216 e. The fourth-order valence-electron chi connectivity index (χ4n) is 7.83. The third-order valence-electron chi connectivity index (χ3n) is 11.0. The van der Waals surface area contributed by atoms with E-state index < -0.39 is 6.85 Å². The first-order chi connectivity index (χ1) is 31.4. The quantitative estimate of drug-likeness (QED) is 0.149. The number of pyridine rings is 2. The molecule has 8 heteroatoms. The Morgan fingerprint density at radius 1 is 0.714 bits per heavy atom. The molecule has 10 aromatic rings. The van der Waals surface area contributed by atoms with E-state index >= 15 is 0 Å². The Hall–Kier alpha value is -7.04. The summed E-state index contributed by atoms with van der Waals surface area (Å²) in [5, 5.41) is 11.1. The van der Waals surface area contributed by atoms with Crippen LogP contribution in [0.2, 0.25) is 0 Å². The molecule has 0 amide bonds. The van der Waals surface area contributed by atoms with Crippen LogP contribution in [0, 0.1) is 36.1 Å². The second kappa shape index (κ2) is 18.1. The number of para-hydroxylation sites is 3. The van der Waals surface area contributed by atoms with Gasteiger partial charge in [0.2, 0.25) is 5.71 Å². The molecule has 10 rings (SSSR count). The molecule has 1 radical (unpaired) electrons. The summed E-state index contributed by atoms with van der Waals surface area (Å²) in [7, 11) is 0. The average molecular weight is 1000 g/mol. The zero-order valence-corrected chi connectivity index (χ0v) is 37.3. The van der Waals surface area contributed by atoms with E-state index in [1.54, 1.807) is 12.1 Å². The molecule has 6 nitrogen and oxygen atoms in total. The van der Waals surface area contributed by atoms with Crippen LogP contribution in [0.5, 0.6) is 0 Å². The van der Waals surface area contributed by atoms with E-state index in [9.17, 15) is 4.39 Å². The van der Waals surface area contributed by atoms with E-state index in [1.165, 1.54) is 41.2 Å². The number of fused-ring (bicyclic) bond motifs is 4. The molecule has 0 N–H and O–H groups in total. The van der Waals surface area contributed by atoms with Gasteiger partial charge in [0.05, 0.1) is 39.8 Å². The predicted molar refractivity (Wildman–Crippen MR) is 247 cm³/mol. The van der Waals surface area contributed by atoms with Crippen molar-refractivity contribution in [3.05, 3.63) is 192 Å². The van der Waals surface area contributed by atoms with Crippen LogP contribution in [-0.4, -0.2) is 19.5 Å². The summed E-state index contributed by atoms with van der Waals surface area (Å²) in [6, 6.07) is 54.6. The van der Waals surface area contributed by atoms with Crippen molar-refractivity contribution < 1.29 is 33.0 Å². The van der Waals surface area contributed by atoms with Gasteiger partial charge in [-0.15, -0.1) is 48.0 Å². The molecule has 6 aromatic carbocycles. The first-order valence-electron chi connectivity index (χ1n) is 22.0. The first kappa shape index (κ1) is 38.9. The van der Waals surface area contributed by atoms with Crippen LogP contribution in [0.3, 0.4) is 0 Å². The molecular weight excluding hydrogens is 958 g/mol. The van der Waals surface area contributed by atoms with Crippen molar-refractivity contribution in [1.29, 1.82) is 5.26 Å². The third kappa shape index (κ3) is 8.46. The minimum Gasteiger partial charge on any atom is -0.486 e. The van der Waals surface area contributed by atoms with Crippen LogP contribution in [0.25, 0.3) is 83.8 Å². The monoisotopic (exact) mass is 1000 g/mol. The van der Waals surface area contributed by atoms with Gasteiger partial charge in [-0.1, -0.05) is 118 Å². The van der Waals surface area contributed by atoms with Crippen LogP contribution in [0.15, 0.2) is 156 Å². The fraction of sp³-hybridized carbons (Fsp3) is 0.127. The molecule has 0 aliphatic carbocycles. The van der Waals surface area contributed by atoms with Gasteiger partial charge in [0, 0.05) is 52.9 Å². The Labute approximate surface area is 384 Å². The zero-order chi connectivity index (χ0) is 45.4. The van der Waals surface area contributed by atoms with Crippen molar-refractivity contribution in [3.63, 3.8) is 0 Å². The van der Waals surface area contributed by atoms with Crippen LogP contribution >= 0.6 is 0 Å². The number of nitriles is 1. The number of furan rings is 1. The number of aromatic nitrogens is 4. The van der Waals surface area contributed by atoms with Crippen molar-refractivity contribution in [2.75, 3.05) is 0 Å². The number of nitrogens with zero attached hydrogens (tertiary/aromatic N) is 5. The van der Waals surface area contributed by atoms with Gasteiger partial charge in [0.25, 0.3) is 0 Å². The second-order valence-electron chi connectivity index (χ2n) is 15.7. The number of rotatable bonds is 7. The van der Waals surface area contributed by atoms with Gasteiger partial charge >= 0.3 is 0 Å². The summed E-state index contributed by atoms with van der Waals surface area (Å²) in [6.07, 6.45) is 1.31. The van der Waals surface area contributed by atoms with Crippen LogP contribution < -0.4 is 0 Å². The molecule has 0 unspecified atom stereocenters. The van der Waals surface area contributed by atoms with E-state index in [0.717, 1.165) is 61.2 Å². The molecule has 0 fully saturated rings. The minimum atomic E-state index is -2.15. The Morgan fingerprint density at radius 3 is 2.06 bits per heavy atom. The summed E-state index contributed by atoms with van der Waals surface area (Å²) in [4.78, 5) is 14.3. The minimum absolute atomic E-state index is 0. The Morgan fingerprint density at radius 2 is 1.41 bits per heavy atom. The third-order valence-corrected chi connectivity index (χ3v) is 11.0. The summed E-state index contributed by atoms with van der Waals surface area (Å²) in [6.45, 7) is 6.84. The molecule has 311 valence electrons. The second-order valence-corrected chi connectivity index (χ2v) is 15.7. The molecule has 0 saturated heterocycles.